The van der Waals surface area contributed by atoms with Crippen LogP contribution in [0.2, 0.25) is 0 Å². The first-order chi connectivity index (χ1) is 5.66. The highest BCUT2D eigenvalue weighted by atomic mass is 16.3. The Hall–Kier alpha value is -0.120. The van der Waals surface area contributed by atoms with Crippen molar-refractivity contribution in [3.8, 4) is 0 Å². The van der Waals surface area contributed by atoms with E-state index in [-0.39, 0.29) is 6.10 Å². The monoisotopic (exact) mass is 170 g/mol. The van der Waals surface area contributed by atoms with Gasteiger partial charge in [0.05, 0.1) is 6.10 Å². The molecule has 3 atom stereocenters. The predicted molar refractivity (Wildman–Crippen MR) is 47.7 cm³/mol. The van der Waals surface area contributed by atoms with E-state index in [1.54, 1.807) is 0 Å². The van der Waals surface area contributed by atoms with E-state index in [2.05, 4.69) is 4.90 Å². The maximum atomic E-state index is 9.20. The number of aliphatic hydroxyl groups excluding tert-OH is 1. The van der Waals surface area contributed by atoms with Gasteiger partial charge >= 0.3 is 0 Å². The molecule has 0 radical (unpaired) electrons. The molecule has 0 aromatic carbocycles. The molecule has 0 amide bonds. The Balaban J connectivity index is 1.83. The number of rotatable bonds is 2. The number of hydrogen-bond acceptors (Lipinski definition) is 3. The number of fused-ring (bicyclic) bond motifs is 2. The molecule has 12 heavy (non-hydrogen) atoms. The summed E-state index contributed by atoms with van der Waals surface area (Å²) in [4.78, 5) is 2.34. The van der Waals surface area contributed by atoms with Gasteiger partial charge in [0.15, 0.2) is 0 Å². The number of nitrogens with zero attached hydrogens (tertiary/aromatic N) is 1. The van der Waals surface area contributed by atoms with Crippen molar-refractivity contribution in [2.75, 3.05) is 19.6 Å². The lowest BCUT2D eigenvalue weighted by Crippen LogP contribution is -2.62. The molecular formula is C9H18N2O. The molecule has 2 aliphatic heterocycles. The van der Waals surface area contributed by atoms with E-state index in [1.807, 2.05) is 6.92 Å². The maximum Gasteiger partial charge on any atom is 0.0639 e. The Kier molecular flexibility index (Phi) is 2.10. The summed E-state index contributed by atoms with van der Waals surface area (Å²) < 4.78 is 0. The molecule has 3 N–H and O–H groups in total. The quantitative estimate of drug-likeness (QED) is 0.595. The van der Waals surface area contributed by atoms with Crippen LogP contribution in [0, 0.1) is 11.8 Å². The minimum absolute atomic E-state index is 0.196. The molecule has 1 aliphatic carbocycles. The van der Waals surface area contributed by atoms with E-state index in [1.165, 1.54) is 6.42 Å². The average Bonchev–Trinajstić information content (AvgIpc) is 2.02. The SMILES string of the molecule is CC(O)CN1CC2CC(C1)C2N. The lowest BCUT2D eigenvalue weighted by molar-refractivity contribution is -0.0150. The summed E-state index contributed by atoms with van der Waals surface area (Å²) in [6, 6.07) is 0.454. The molecule has 3 heteroatoms. The zero-order chi connectivity index (χ0) is 8.72. The van der Waals surface area contributed by atoms with E-state index in [9.17, 15) is 5.11 Å². The average molecular weight is 170 g/mol. The van der Waals surface area contributed by atoms with Crippen LogP contribution in [0.25, 0.3) is 0 Å². The lowest BCUT2D eigenvalue weighted by atomic mass is 9.67. The maximum absolute atomic E-state index is 9.20. The highest BCUT2D eigenvalue weighted by molar-refractivity contribution is 4.99. The van der Waals surface area contributed by atoms with Crippen molar-refractivity contribution >= 4 is 0 Å². The summed E-state index contributed by atoms with van der Waals surface area (Å²) in [7, 11) is 0. The molecule has 2 bridgehead atoms. The van der Waals surface area contributed by atoms with Gasteiger partial charge in [-0.05, 0) is 25.2 Å². The Morgan fingerprint density at radius 3 is 2.50 bits per heavy atom. The van der Waals surface area contributed by atoms with Crippen molar-refractivity contribution in [3.63, 3.8) is 0 Å². The summed E-state index contributed by atoms with van der Waals surface area (Å²) in [6.07, 6.45) is 1.12. The van der Waals surface area contributed by atoms with Crippen molar-refractivity contribution in [1.29, 1.82) is 0 Å². The molecule has 2 saturated heterocycles. The van der Waals surface area contributed by atoms with Gasteiger partial charge in [-0.3, -0.25) is 0 Å². The molecule has 2 heterocycles. The second-order valence-corrected chi connectivity index (χ2v) is 4.40. The minimum Gasteiger partial charge on any atom is -0.392 e. The third-order valence-electron chi connectivity index (χ3n) is 3.20. The molecule has 0 spiro atoms. The van der Waals surface area contributed by atoms with Gasteiger partial charge in [-0.2, -0.15) is 0 Å². The fourth-order valence-electron chi connectivity index (χ4n) is 2.55. The number of aliphatic hydroxyl groups is 1. The van der Waals surface area contributed by atoms with Gasteiger partial charge in [-0.1, -0.05) is 0 Å². The van der Waals surface area contributed by atoms with Crippen LogP contribution in [0.1, 0.15) is 13.3 Å². The van der Waals surface area contributed by atoms with Crippen LogP contribution in [0.5, 0.6) is 0 Å². The molecule has 3 fully saturated rings. The van der Waals surface area contributed by atoms with Gasteiger partial charge in [-0.15, -0.1) is 0 Å². The number of piperidine rings is 2. The molecule has 0 aromatic rings. The zero-order valence-corrected chi connectivity index (χ0v) is 7.61. The number of hydrogen-bond donors (Lipinski definition) is 2. The molecule has 1 saturated carbocycles. The Morgan fingerprint density at radius 1 is 1.50 bits per heavy atom. The first-order valence-electron chi connectivity index (χ1n) is 4.83. The van der Waals surface area contributed by atoms with Crippen molar-refractivity contribution in [1.82, 2.24) is 4.90 Å². The molecular weight excluding hydrogens is 152 g/mol. The fourth-order valence-corrected chi connectivity index (χ4v) is 2.55. The standard InChI is InChI=1S/C9H18N2O/c1-6(12)3-11-4-7-2-8(5-11)9(7)10/h6-9,12H,2-5,10H2,1H3. The van der Waals surface area contributed by atoms with Crippen LogP contribution in [-0.2, 0) is 0 Å². The van der Waals surface area contributed by atoms with Gasteiger partial charge in [0, 0.05) is 25.7 Å². The molecule has 3 nitrogen and oxygen atoms in total. The fraction of sp³-hybridized carbons (Fsp3) is 1.00. The molecule has 3 aliphatic rings. The van der Waals surface area contributed by atoms with Crippen LogP contribution in [0.15, 0.2) is 0 Å². The molecule has 70 valence electrons. The topological polar surface area (TPSA) is 49.5 Å². The minimum atomic E-state index is -0.196. The van der Waals surface area contributed by atoms with Crippen molar-refractivity contribution in [3.05, 3.63) is 0 Å². The third kappa shape index (κ3) is 1.37. The third-order valence-corrected chi connectivity index (χ3v) is 3.20. The van der Waals surface area contributed by atoms with Crippen LogP contribution < -0.4 is 5.73 Å². The second-order valence-electron chi connectivity index (χ2n) is 4.40. The smallest absolute Gasteiger partial charge is 0.0639 e. The Morgan fingerprint density at radius 2 is 2.08 bits per heavy atom. The van der Waals surface area contributed by atoms with Crippen LogP contribution in [-0.4, -0.2) is 41.8 Å². The lowest BCUT2D eigenvalue weighted by Gasteiger charge is -2.52. The van der Waals surface area contributed by atoms with Crippen molar-refractivity contribution < 1.29 is 5.11 Å². The van der Waals surface area contributed by atoms with Crippen LogP contribution >= 0.6 is 0 Å². The Labute approximate surface area is 73.5 Å². The largest absolute Gasteiger partial charge is 0.392 e. The molecule has 3 rings (SSSR count). The number of nitrogens with two attached hydrogens (primary N) is 1. The summed E-state index contributed by atoms with van der Waals surface area (Å²) in [6.45, 7) is 4.87. The van der Waals surface area contributed by atoms with E-state index < -0.39 is 0 Å². The van der Waals surface area contributed by atoms with Crippen LogP contribution in [0.4, 0.5) is 0 Å². The van der Waals surface area contributed by atoms with Crippen LogP contribution in [0.3, 0.4) is 0 Å². The van der Waals surface area contributed by atoms with Gasteiger partial charge < -0.3 is 15.7 Å². The van der Waals surface area contributed by atoms with E-state index in [0.717, 1.165) is 19.6 Å². The van der Waals surface area contributed by atoms with Gasteiger partial charge in [0.2, 0.25) is 0 Å². The van der Waals surface area contributed by atoms with Crippen molar-refractivity contribution in [2.45, 2.75) is 25.5 Å². The highest BCUT2D eigenvalue weighted by Crippen LogP contribution is 2.38. The summed E-state index contributed by atoms with van der Waals surface area (Å²) in [5.74, 6) is 1.42. The van der Waals surface area contributed by atoms with Gasteiger partial charge in [0.25, 0.3) is 0 Å². The van der Waals surface area contributed by atoms with Crippen molar-refractivity contribution in [2.24, 2.45) is 17.6 Å². The van der Waals surface area contributed by atoms with E-state index in [0.29, 0.717) is 17.9 Å². The summed E-state index contributed by atoms with van der Waals surface area (Å²) >= 11 is 0. The summed E-state index contributed by atoms with van der Waals surface area (Å²) in [5, 5.41) is 9.20. The second kappa shape index (κ2) is 2.98. The summed E-state index contributed by atoms with van der Waals surface area (Å²) in [5.41, 5.74) is 5.93. The zero-order valence-electron chi connectivity index (χ0n) is 7.61. The first kappa shape index (κ1) is 8.48. The highest BCUT2D eigenvalue weighted by Gasteiger charge is 2.44. The van der Waals surface area contributed by atoms with E-state index >= 15 is 0 Å². The van der Waals surface area contributed by atoms with E-state index in [4.69, 9.17) is 5.73 Å². The van der Waals surface area contributed by atoms with Gasteiger partial charge in [-0.25, -0.2) is 0 Å². The first-order valence-corrected chi connectivity index (χ1v) is 4.83. The molecule has 0 aromatic heterocycles. The van der Waals surface area contributed by atoms with Gasteiger partial charge in [0.1, 0.15) is 0 Å². The molecule has 3 unspecified atom stereocenters. The predicted octanol–water partition coefficient (Wildman–Crippen LogP) is -0.354. The Bertz CT molecular complexity index is 160. The normalized spacial score (nSPS) is 43.8.